The van der Waals surface area contributed by atoms with Gasteiger partial charge in [0.15, 0.2) is 11.5 Å². The minimum Gasteiger partial charge on any atom is -0.493 e. The molecular formula is C21H27ClN2O6S. The van der Waals surface area contributed by atoms with E-state index < -0.39 is 10.0 Å². The molecule has 0 aliphatic rings. The van der Waals surface area contributed by atoms with Gasteiger partial charge < -0.3 is 19.5 Å². The zero-order valence-electron chi connectivity index (χ0n) is 17.8. The quantitative estimate of drug-likeness (QED) is 0.479. The van der Waals surface area contributed by atoms with E-state index in [0.29, 0.717) is 47.5 Å². The van der Waals surface area contributed by atoms with Gasteiger partial charge >= 0.3 is 0 Å². The summed E-state index contributed by atoms with van der Waals surface area (Å²) in [5.74, 6) is 1.41. The fraction of sp³-hybridized carbons (Fsp3) is 0.381. The van der Waals surface area contributed by atoms with Gasteiger partial charge in [-0.25, -0.2) is 8.42 Å². The predicted molar refractivity (Wildman–Crippen MR) is 121 cm³/mol. The number of benzene rings is 2. The molecule has 1 N–H and O–H groups in total. The van der Waals surface area contributed by atoms with Crippen LogP contribution >= 0.6 is 11.6 Å². The molecule has 0 fully saturated rings. The summed E-state index contributed by atoms with van der Waals surface area (Å²) in [5, 5.41) is 3.38. The minimum absolute atomic E-state index is 0.156. The van der Waals surface area contributed by atoms with Crippen LogP contribution < -0.4 is 23.8 Å². The molecule has 0 heterocycles. The molecule has 0 saturated heterocycles. The van der Waals surface area contributed by atoms with Gasteiger partial charge in [0.05, 0.1) is 32.7 Å². The van der Waals surface area contributed by atoms with E-state index in [9.17, 15) is 13.2 Å². The maximum absolute atomic E-state index is 12.3. The summed E-state index contributed by atoms with van der Waals surface area (Å²) in [4.78, 5) is 12.1. The van der Waals surface area contributed by atoms with Gasteiger partial charge in [-0.2, -0.15) is 0 Å². The summed E-state index contributed by atoms with van der Waals surface area (Å²) in [6, 6.07) is 11.8. The number of amides is 1. The molecular weight excluding hydrogens is 444 g/mol. The fourth-order valence-corrected chi connectivity index (χ4v) is 3.91. The highest BCUT2D eigenvalue weighted by molar-refractivity contribution is 7.92. The van der Waals surface area contributed by atoms with Crippen molar-refractivity contribution in [3.63, 3.8) is 0 Å². The lowest BCUT2D eigenvalue weighted by Crippen LogP contribution is -2.33. The van der Waals surface area contributed by atoms with Gasteiger partial charge in [0.1, 0.15) is 12.4 Å². The first kappa shape index (κ1) is 24.6. The van der Waals surface area contributed by atoms with Crippen LogP contribution in [0.4, 0.5) is 5.69 Å². The average molecular weight is 471 g/mol. The molecule has 0 unspecified atom stereocenters. The molecule has 0 atom stereocenters. The summed E-state index contributed by atoms with van der Waals surface area (Å²) in [6.07, 6.45) is 1.66. The number of ether oxygens (including phenoxy) is 3. The monoisotopic (exact) mass is 470 g/mol. The molecule has 1 amide bonds. The van der Waals surface area contributed by atoms with Gasteiger partial charge in [0.25, 0.3) is 0 Å². The molecule has 31 heavy (non-hydrogen) atoms. The van der Waals surface area contributed by atoms with Crippen molar-refractivity contribution in [2.45, 2.75) is 12.8 Å². The van der Waals surface area contributed by atoms with Crippen LogP contribution in [0.5, 0.6) is 17.2 Å². The van der Waals surface area contributed by atoms with Crippen LogP contribution in [0.25, 0.3) is 0 Å². The largest absolute Gasteiger partial charge is 0.493 e. The Bertz CT molecular complexity index is 966. The molecule has 0 aliphatic carbocycles. The molecule has 8 nitrogen and oxygen atoms in total. The third-order valence-corrected chi connectivity index (χ3v) is 5.77. The van der Waals surface area contributed by atoms with Crippen LogP contribution in [0.2, 0.25) is 5.02 Å². The summed E-state index contributed by atoms with van der Waals surface area (Å²) >= 11 is 5.82. The summed E-state index contributed by atoms with van der Waals surface area (Å²) in [7, 11) is -0.555. The van der Waals surface area contributed by atoms with Gasteiger partial charge in [-0.15, -0.1) is 0 Å². The second-order valence-corrected chi connectivity index (χ2v) is 8.97. The molecule has 0 aromatic heterocycles. The van der Waals surface area contributed by atoms with Gasteiger partial charge in [-0.3, -0.25) is 9.10 Å². The maximum Gasteiger partial charge on any atom is 0.232 e. The van der Waals surface area contributed by atoms with Gasteiger partial charge in [0, 0.05) is 24.1 Å². The van der Waals surface area contributed by atoms with Crippen molar-refractivity contribution < 1.29 is 27.4 Å². The third kappa shape index (κ3) is 7.84. The van der Waals surface area contributed by atoms with E-state index in [1.54, 1.807) is 42.5 Å². The molecule has 0 radical (unpaired) electrons. The highest BCUT2D eigenvalue weighted by atomic mass is 35.5. The van der Waals surface area contributed by atoms with E-state index in [0.717, 1.165) is 6.26 Å². The number of rotatable bonds is 12. The number of carbonyl (C=O) groups is 1. The number of halogens is 1. The molecule has 2 aromatic carbocycles. The first-order valence-electron chi connectivity index (χ1n) is 9.59. The second-order valence-electron chi connectivity index (χ2n) is 6.63. The van der Waals surface area contributed by atoms with Crippen molar-refractivity contribution in [3.05, 3.63) is 47.5 Å². The molecule has 0 aliphatic heterocycles. The summed E-state index contributed by atoms with van der Waals surface area (Å²) < 4.78 is 41.7. The Morgan fingerprint density at radius 1 is 1.06 bits per heavy atom. The van der Waals surface area contributed by atoms with E-state index in [-0.39, 0.29) is 18.9 Å². The van der Waals surface area contributed by atoms with E-state index in [2.05, 4.69) is 5.32 Å². The number of anilines is 1. The van der Waals surface area contributed by atoms with Gasteiger partial charge in [-0.05, 0) is 42.8 Å². The SMILES string of the molecule is COc1ccc(N(CCCC(=O)NCCOc2ccc(Cl)cc2)S(C)(=O)=O)cc1OC. The standard InChI is InChI=1S/C21H27ClN2O6S/c1-28-19-11-8-17(15-20(19)29-2)24(31(3,26)27)13-4-5-21(25)23-12-14-30-18-9-6-16(22)7-10-18/h6-11,15H,4-5,12-14H2,1-3H3,(H,23,25). The number of nitrogens with one attached hydrogen (secondary N) is 1. The van der Waals surface area contributed by atoms with Crippen molar-refractivity contribution >= 4 is 33.2 Å². The van der Waals surface area contributed by atoms with Gasteiger partial charge in [0.2, 0.25) is 15.9 Å². The Morgan fingerprint density at radius 2 is 1.74 bits per heavy atom. The zero-order chi connectivity index (χ0) is 22.9. The topological polar surface area (TPSA) is 94.2 Å². The van der Waals surface area contributed by atoms with Crippen LogP contribution in [0, 0.1) is 0 Å². The first-order valence-corrected chi connectivity index (χ1v) is 11.8. The van der Waals surface area contributed by atoms with Crippen LogP contribution in [-0.4, -0.2) is 54.5 Å². The fourth-order valence-electron chi connectivity index (χ4n) is 2.83. The van der Waals surface area contributed by atoms with Crippen molar-refractivity contribution in [1.82, 2.24) is 5.32 Å². The lowest BCUT2D eigenvalue weighted by Gasteiger charge is -2.23. The van der Waals surface area contributed by atoms with Crippen LogP contribution in [0.1, 0.15) is 12.8 Å². The highest BCUT2D eigenvalue weighted by Crippen LogP contribution is 2.32. The lowest BCUT2D eigenvalue weighted by molar-refractivity contribution is -0.121. The molecule has 0 spiro atoms. The smallest absolute Gasteiger partial charge is 0.232 e. The summed E-state index contributed by atoms with van der Waals surface area (Å²) in [5.41, 5.74) is 0.442. The summed E-state index contributed by atoms with van der Waals surface area (Å²) in [6.45, 7) is 0.810. The number of sulfonamides is 1. The van der Waals surface area contributed by atoms with Crippen molar-refractivity contribution in [2.24, 2.45) is 0 Å². The molecule has 10 heteroatoms. The Labute approximate surface area is 188 Å². The average Bonchev–Trinajstić information content (AvgIpc) is 2.74. The Morgan fingerprint density at radius 3 is 2.35 bits per heavy atom. The normalized spacial score (nSPS) is 11.0. The van der Waals surface area contributed by atoms with Crippen molar-refractivity contribution in [3.8, 4) is 17.2 Å². The number of methoxy groups -OCH3 is 2. The molecule has 2 rings (SSSR count). The van der Waals surface area contributed by atoms with E-state index in [4.69, 9.17) is 25.8 Å². The zero-order valence-corrected chi connectivity index (χ0v) is 19.3. The molecule has 2 aromatic rings. The molecule has 170 valence electrons. The number of nitrogens with zero attached hydrogens (tertiary/aromatic N) is 1. The first-order chi connectivity index (χ1) is 14.7. The number of hydrogen-bond donors (Lipinski definition) is 1. The maximum atomic E-state index is 12.3. The van der Waals surface area contributed by atoms with Crippen LogP contribution in [0.3, 0.4) is 0 Å². The number of carbonyl (C=O) groups excluding carboxylic acids is 1. The van der Waals surface area contributed by atoms with E-state index >= 15 is 0 Å². The highest BCUT2D eigenvalue weighted by Gasteiger charge is 2.19. The number of hydrogen-bond acceptors (Lipinski definition) is 6. The Kier molecular flexibility index (Phi) is 9.26. The van der Waals surface area contributed by atoms with Crippen LogP contribution in [0.15, 0.2) is 42.5 Å². The molecule has 0 saturated carbocycles. The van der Waals surface area contributed by atoms with Crippen LogP contribution in [-0.2, 0) is 14.8 Å². The third-order valence-electron chi connectivity index (χ3n) is 4.33. The minimum atomic E-state index is -3.54. The Hall–Kier alpha value is -2.65. The van der Waals surface area contributed by atoms with Crippen molar-refractivity contribution in [1.29, 1.82) is 0 Å². The second kappa shape index (κ2) is 11.7. The van der Waals surface area contributed by atoms with E-state index in [1.807, 2.05) is 0 Å². The van der Waals surface area contributed by atoms with E-state index in [1.165, 1.54) is 18.5 Å². The van der Waals surface area contributed by atoms with Gasteiger partial charge in [-0.1, -0.05) is 11.6 Å². The molecule has 0 bridgehead atoms. The Balaban J connectivity index is 1.83. The van der Waals surface area contributed by atoms with Crippen molar-refractivity contribution in [2.75, 3.05) is 44.5 Å². The predicted octanol–water partition coefficient (Wildman–Crippen LogP) is 3.10. The lowest BCUT2D eigenvalue weighted by atomic mass is 10.2.